The SMILES string of the molecule is C#CCNc1nc(=O)n(-c2cccnc2)c2cc(Br)ccc12. The Morgan fingerprint density at radius 3 is 2.95 bits per heavy atom. The molecule has 0 unspecified atom stereocenters. The zero-order chi connectivity index (χ0) is 15.5. The fourth-order valence-electron chi connectivity index (χ4n) is 2.20. The maximum atomic E-state index is 12.4. The summed E-state index contributed by atoms with van der Waals surface area (Å²) < 4.78 is 2.39. The van der Waals surface area contributed by atoms with Gasteiger partial charge >= 0.3 is 5.69 Å². The van der Waals surface area contributed by atoms with Crippen LogP contribution in [-0.4, -0.2) is 21.1 Å². The number of nitrogens with zero attached hydrogens (tertiary/aromatic N) is 3. The molecule has 0 aliphatic rings. The maximum absolute atomic E-state index is 12.4. The minimum atomic E-state index is -0.391. The lowest BCUT2D eigenvalue weighted by Gasteiger charge is -2.13. The van der Waals surface area contributed by atoms with Gasteiger partial charge in [-0.3, -0.25) is 9.55 Å². The average molecular weight is 355 g/mol. The molecule has 0 fully saturated rings. The van der Waals surface area contributed by atoms with E-state index in [2.05, 4.69) is 37.1 Å². The summed E-state index contributed by atoms with van der Waals surface area (Å²) >= 11 is 3.44. The Morgan fingerprint density at radius 1 is 1.36 bits per heavy atom. The highest BCUT2D eigenvalue weighted by molar-refractivity contribution is 9.10. The van der Waals surface area contributed by atoms with Crippen LogP contribution >= 0.6 is 15.9 Å². The van der Waals surface area contributed by atoms with Crippen molar-refractivity contribution in [2.45, 2.75) is 0 Å². The zero-order valence-electron chi connectivity index (χ0n) is 11.5. The predicted molar refractivity (Wildman–Crippen MR) is 90.2 cm³/mol. The van der Waals surface area contributed by atoms with Crippen molar-refractivity contribution in [2.75, 3.05) is 11.9 Å². The molecular weight excluding hydrogens is 344 g/mol. The quantitative estimate of drug-likeness (QED) is 0.734. The first kappa shape index (κ1) is 14.3. The first-order valence-electron chi connectivity index (χ1n) is 6.51. The van der Waals surface area contributed by atoms with Gasteiger partial charge in [0.2, 0.25) is 0 Å². The van der Waals surface area contributed by atoms with Gasteiger partial charge in [0.25, 0.3) is 0 Å². The van der Waals surface area contributed by atoms with E-state index < -0.39 is 5.69 Å². The van der Waals surface area contributed by atoms with Gasteiger partial charge in [0.1, 0.15) is 5.82 Å². The molecule has 1 N–H and O–H groups in total. The van der Waals surface area contributed by atoms with Crippen molar-refractivity contribution >= 4 is 32.7 Å². The van der Waals surface area contributed by atoms with Crippen molar-refractivity contribution in [3.63, 3.8) is 0 Å². The maximum Gasteiger partial charge on any atom is 0.354 e. The van der Waals surface area contributed by atoms with E-state index in [1.165, 1.54) is 4.57 Å². The van der Waals surface area contributed by atoms with Crippen molar-refractivity contribution < 1.29 is 0 Å². The lowest BCUT2D eigenvalue weighted by molar-refractivity contribution is 0.951. The molecule has 0 atom stereocenters. The predicted octanol–water partition coefficient (Wildman–Crippen LogP) is 2.59. The summed E-state index contributed by atoms with van der Waals surface area (Å²) in [6.45, 7) is 0.300. The second kappa shape index (κ2) is 6.00. The second-order valence-corrected chi connectivity index (χ2v) is 5.42. The number of hydrogen-bond donors (Lipinski definition) is 1. The lowest BCUT2D eigenvalue weighted by atomic mass is 10.2. The zero-order valence-corrected chi connectivity index (χ0v) is 13.0. The number of benzene rings is 1. The first-order valence-corrected chi connectivity index (χ1v) is 7.30. The number of rotatable bonds is 3. The number of aromatic nitrogens is 3. The van der Waals surface area contributed by atoms with Crippen LogP contribution in [0.3, 0.4) is 0 Å². The minimum Gasteiger partial charge on any atom is -0.358 e. The fourth-order valence-corrected chi connectivity index (χ4v) is 2.55. The van der Waals surface area contributed by atoms with E-state index >= 15 is 0 Å². The summed E-state index contributed by atoms with van der Waals surface area (Å²) in [6, 6.07) is 9.23. The summed E-state index contributed by atoms with van der Waals surface area (Å²) in [6.07, 6.45) is 8.54. The van der Waals surface area contributed by atoms with Crippen LogP contribution in [0.1, 0.15) is 0 Å². The van der Waals surface area contributed by atoms with Gasteiger partial charge in [-0.05, 0) is 30.3 Å². The van der Waals surface area contributed by atoms with Gasteiger partial charge in [-0.2, -0.15) is 4.98 Å². The van der Waals surface area contributed by atoms with Gasteiger partial charge in [-0.1, -0.05) is 21.9 Å². The molecule has 3 aromatic rings. The van der Waals surface area contributed by atoms with Crippen molar-refractivity contribution in [3.8, 4) is 18.0 Å². The van der Waals surface area contributed by atoms with Crippen LogP contribution in [0, 0.1) is 12.3 Å². The number of nitrogens with one attached hydrogen (secondary N) is 1. The Labute approximate surface area is 135 Å². The molecule has 5 nitrogen and oxygen atoms in total. The van der Waals surface area contributed by atoms with Crippen LogP contribution in [0.25, 0.3) is 16.6 Å². The first-order chi connectivity index (χ1) is 10.7. The normalized spacial score (nSPS) is 10.4. The highest BCUT2D eigenvalue weighted by atomic mass is 79.9. The van der Waals surface area contributed by atoms with Crippen LogP contribution < -0.4 is 11.0 Å². The van der Waals surface area contributed by atoms with Crippen molar-refractivity contribution in [1.29, 1.82) is 0 Å². The number of hydrogen-bond acceptors (Lipinski definition) is 4. The Hall–Kier alpha value is -2.65. The van der Waals surface area contributed by atoms with E-state index in [4.69, 9.17) is 6.42 Å². The Kier molecular flexibility index (Phi) is 3.90. The minimum absolute atomic E-state index is 0.300. The smallest absolute Gasteiger partial charge is 0.354 e. The summed E-state index contributed by atoms with van der Waals surface area (Å²) in [5, 5.41) is 3.79. The van der Waals surface area contributed by atoms with Gasteiger partial charge in [0.15, 0.2) is 0 Å². The molecule has 0 aliphatic carbocycles. The van der Waals surface area contributed by atoms with Gasteiger partial charge in [0, 0.05) is 16.1 Å². The molecule has 0 amide bonds. The standard InChI is InChI=1S/C16H11BrN4O/c1-2-7-19-15-13-6-5-11(17)9-14(13)21(16(22)20-15)12-4-3-8-18-10-12/h1,3-6,8-10H,7H2,(H,19,20,22). The largest absolute Gasteiger partial charge is 0.358 e. The number of fused-ring (bicyclic) bond motifs is 1. The van der Waals surface area contributed by atoms with E-state index in [1.807, 2.05) is 24.3 Å². The Morgan fingerprint density at radius 2 is 2.23 bits per heavy atom. The molecule has 3 rings (SSSR count). The van der Waals surface area contributed by atoms with Gasteiger partial charge in [-0.15, -0.1) is 6.42 Å². The van der Waals surface area contributed by atoms with Crippen LogP contribution in [0.15, 0.2) is 52.0 Å². The Balaban J connectivity index is 2.34. The molecule has 2 heterocycles. The molecule has 22 heavy (non-hydrogen) atoms. The van der Waals surface area contributed by atoms with E-state index in [-0.39, 0.29) is 0 Å². The number of anilines is 1. The van der Waals surface area contributed by atoms with Crippen LogP contribution in [0.4, 0.5) is 5.82 Å². The summed E-state index contributed by atoms with van der Waals surface area (Å²) in [4.78, 5) is 20.6. The topological polar surface area (TPSA) is 59.8 Å². The van der Waals surface area contributed by atoms with Crippen LogP contribution in [0.5, 0.6) is 0 Å². The molecular formula is C16H11BrN4O. The van der Waals surface area contributed by atoms with E-state index in [0.29, 0.717) is 18.1 Å². The monoisotopic (exact) mass is 354 g/mol. The second-order valence-electron chi connectivity index (χ2n) is 4.51. The number of halogens is 1. The molecule has 2 aromatic heterocycles. The molecule has 0 spiro atoms. The fraction of sp³-hybridized carbons (Fsp3) is 0.0625. The molecule has 0 radical (unpaired) electrons. The number of terminal acetylenes is 1. The highest BCUT2D eigenvalue weighted by Crippen LogP contribution is 2.25. The van der Waals surface area contributed by atoms with Gasteiger partial charge in [0.05, 0.1) is 23.9 Å². The van der Waals surface area contributed by atoms with Crippen molar-refractivity contribution in [1.82, 2.24) is 14.5 Å². The third-order valence-electron chi connectivity index (χ3n) is 3.12. The molecule has 6 heteroatoms. The van der Waals surface area contributed by atoms with Crippen molar-refractivity contribution in [3.05, 3.63) is 57.7 Å². The van der Waals surface area contributed by atoms with Gasteiger partial charge < -0.3 is 5.32 Å². The summed E-state index contributed by atoms with van der Waals surface area (Å²) in [7, 11) is 0. The molecule has 0 saturated carbocycles. The summed E-state index contributed by atoms with van der Waals surface area (Å²) in [5.74, 6) is 2.96. The molecule has 0 saturated heterocycles. The van der Waals surface area contributed by atoms with Crippen LogP contribution in [0.2, 0.25) is 0 Å². The van der Waals surface area contributed by atoms with E-state index in [9.17, 15) is 4.79 Å². The molecule has 1 aromatic carbocycles. The van der Waals surface area contributed by atoms with Crippen LogP contribution in [-0.2, 0) is 0 Å². The molecule has 0 bridgehead atoms. The molecule has 0 aliphatic heterocycles. The third-order valence-corrected chi connectivity index (χ3v) is 3.61. The average Bonchev–Trinajstić information content (AvgIpc) is 2.53. The van der Waals surface area contributed by atoms with E-state index in [1.54, 1.807) is 18.5 Å². The number of pyridine rings is 1. The molecule has 108 valence electrons. The third kappa shape index (κ3) is 2.59. The van der Waals surface area contributed by atoms with E-state index in [0.717, 1.165) is 15.4 Å². The Bertz CT molecular complexity index is 929. The van der Waals surface area contributed by atoms with Crippen molar-refractivity contribution in [2.24, 2.45) is 0 Å². The highest BCUT2D eigenvalue weighted by Gasteiger charge is 2.12. The van der Waals surface area contributed by atoms with Gasteiger partial charge in [-0.25, -0.2) is 4.79 Å². The summed E-state index contributed by atoms with van der Waals surface area (Å²) in [5.41, 5.74) is 0.992. The lowest BCUT2D eigenvalue weighted by Crippen LogP contribution is -2.23.